The van der Waals surface area contributed by atoms with Crippen LogP contribution in [0.25, 0.3) is 0 Å². The monoisotopic (exact) mass is 327 g/mol. The van der Waals surface area contributed by atoms with Crippen molar-refractivity contribution in [3.05, 3.63) is 24.3 Å². The first-order chi connectivity index (χ1) is 10.3. The number of carbonyl (C=O) groups excluding carboxylic acids is 2. The molecular weight excluding hydrogens is 306 g/mol. The van der Waals surface area contributed by atoms with Gasteiger partial charge in [0.25, 0.3) is 0 Å². The maximum Gasteiger partial charge on any atom is 0.241 e. The summed E-state index contributed by atoms with van der Waals surface area (Å²) in [5, 5.41) is 5.17. The molecule has 0 heterocycles. The lowest BCUT2D eigenvalue weighted by molar-refractivity contribution is -0.120. The third-order valence-corrected chi connectivity index (χ3v) is 4.18. The van der Waals surface area contributed by atoms with E-state index in [1.165, 1.54) is 31.2 Å². The van der Waals surface area contributed by atoms with Crippen molar-refractivity contribution in [2.75, 3.05) is 18.4 Å². The summed E-state index contributed by atoms with van der Waals surface area (Å²) >= 11 is 0. The second-order valence-electron chi connectivity index (χ2n) is 4.73. The topological polar surface area (TPSA) is 104 Å². The lowest BCUT2D eigenvalue weighted by Gasteiger charge is -2.08. The van der Waals surface area contributed by atoms with Gasteiger partial charge in [0.1, 0.15) is 0 Å². The summed E-state index contributed by atoms with van der Waals surface area (Å²) in [5.41, 5.74) is 0.503. The van der Waals surface area contributed by atoms with Crippen LogP contribution in [0.4, 0.5) is 5.69 Å². The van der Waals surface area contributed by atoms with E-state index in [2.05, 4.69) is 15.4 Å². The molecule has 0 unspecified atom stereocenters. The van der Waals surface area contributed by atoms with Gasteiger partial charge in [0, 0.05) is 19.2 Å². The molecule has 2 amide bonds. The van der Waals surface area contributed by atoms with Gasteiger partial charge in [-0.2, -0.15) is 0 Å². The maximum absolute atomic E-state index is 12.0. The zero-order valence-electron chi connectivity index (χ0n) is 12.7. The van der Waals surface area contributed by atoms with E-state index in [9.17, 15) is 18.0 Å². The highest BCUT2D eigenvalue weighted by Crippen LogP contribution is 2.13. The molecule has 1 aromatic rings. The van der Waals surface area contributed by atoms with Gasteiger partial charge in [-0.05, 0) is 30.7 Å². The van der Waals surface area contributed by atoms with Gasteiger partial charge in [-0.3, -0.25) is 9.59 Å². The first kappa shape index (κ1) is 18.1. The van der Waals surface area contributed by atoms with Gasteiger partial charge in [0.2, 0.25) is 21.8 Å². The van der Waals surface area contributed by atoms with Crippen molar-refractivity contribution in [3.8, 4) is 0 Å². The molecule has 0 atom stereocenters. The van der Waals surface area contributed by atoms with Crippen LogP contribution in [-0.2, 0) is 19.6 Å². The van der Waals surface area contributed by atoms with Gasteiger partial charge < -0.3 is 10.6 Å². The van der Waals surface area contributed by atoms with Crippen molar-refractivity contribution in [1.29, 1.82) is 0 Å². The van der Waals surface area contributed by atoms with E-state index in [1.807, 2.05) is 6.92 Å². The SMILES string of the molecule is CCCCNC(=O)CNS(=O)(=O)c1ccc(NC(C)=O)cc1. The summed E-state index contributed by atoms with van der Waals surface area (Å²) in [6, 6.07) is 5.69. The quantitative estimate of drug-likeness (QED) is 0.615. The Labute approximate surface area is 130 Å². The predicted molar refractivity (Wildman–Crippen MR) is 83.9 cm³/mol. The second kappa shape index (κ2) is 8.50. The zero-order chi connectivity index (χ0) is 16.6. The lowest BCUT2D eigenvalue weighted by atomic mass is 10.3. The number of nitrogens with one attached hydrogen (secondary N) is 3. The minimum atomic E-state index is -3.75. The van der Waals surface area contributed by atoms with Gasteiger partial charge in [0.05, 0.1) is 11.4 Å². The van der Waals surface area contributed by atoms with Crippen molar-refractivity contribution in [2.45, 2.75) is 31.6 Å². The van der Waals surface area contributed by atoms with Crippen LogP contribution < -0.4 is 15.4 Å². The highest BCUT2D eigenvalue weighted by atomic mass is 32.2. The molecule has 7 nitrogen and oxygen atoms in total. The van der Waals surface area contributed by atoms with E-state index in [0.717, 1.165) is 12.8 Å². The number of hydrogen-bond donors (Lipinski definition) is 3. The molecule has 1 rings (SSSR count). The van der Waals surface area contributed by atoms with Crippen molar-refractivity contribution in [3.63, 3.8) is 0 Å². The summed E-state index contributed by atoms with van der Waals surface area (Å²) in [7, 11) is -3.75. The van der Waals surface area contributed by atoms with Crippen LogP contribution in [0.2, 0.25) is 0 Å². The Morgan fingerprint density at radius 3 is 2.32 bits per heavy atom. The maximum atomic E-state index is 12.0. The molecule has 3 N–H and O–H groups in total. The highest BCUT2D eigenvalue weighted by Gasteiger charge is 2.15. The fraction of sp³-hybridized carbons (Fsp3) is 0.429. The number of anilines is 1. The number of unbranched alkanes of at least 4 members (excludes halogenated alkanes) is 1. The highest BCUT2D eigenvalue weighted by molar-refractivity contribution is 7.89. The minimum absolute atomic E-state index is 0.0305. The summed E-state index contributed by atoms with van der Waals surface area (Å²) in [4.78, 5) is 22.4. The van der Waals surface area contributed by atoms with Crippen LogP contribution in [0.15, 0.2) is 29.2 Å². The largest absolute Gasteiger partial charge is 0.355 e. The molecule has 0 saturated heterocycles. The van der Waals surface area contributed by atoms with E-state index >= 15 is 0 Å². The molecule has 8 heteroatoms. The standard InChI is InChI=1S/C14H21N3O4S/c1-3-4-9-15-14(19)10-16-22(20,21)13-7-5-12(6-8-13)17-11(2)18/h5-8,16H,3-4,9-10H2,1-2H3,(H,15,19)(H,17,18). The van der Waals surface area contributed by atoms with Crippen LogP contribution >= 0.6 is 0 Å². The lowest BCUT2D eigenvalue weighted by Crippen LogP contribution is -2.37. The Bertz CT molecular complexity index is 611. The fourth-order valence-corrected chi connectivity index (χ4v) is 2.61. The summed E-state index contributed by atoms with van der Waals surface area (Å²) < 4.78 is 26.3. The van der Waals surface area contributed by atoms with Gasteiger partial charge in [-0.15, -0.1) is 0 Å². The van der Waals surface area contributed by atoms with Crippen LogP contribution in [0.5, 0.6) is 0 Å². The van der Waals surface area contributed by atoms with E-state index in [4.69, 9.17) is 0 Å². The molecule has 0 aliphatic rings. The number of benzene rings is 1. The zero-order valence-corrected chi connectivity index (χ0v) is 13.5. The van der Waals surface area contributed by atoms with E-state index in [0.29, 0.717) is 12.2 Å². The number of hydrogen-bond acceptors (Lipinski definition) is 4. The number of carbonyl (C=O) groups is 2. The summed E-state index contributed by atoms with van der Waals surface area (Å²) in [6.45, 7) is 3.59. The molecule has 0 bridgehead atoms. The Morgan fingerprint density at radius 2 is 1.77 bits per heavy atom. The van der Waals surface area contributed by atoms with Gasteiger partial charge >= 0.3 is 0 Å². The summed E-state index contributed by atoms with van der Waals surface area (Å²) in [6.07, 6.45) is 1.80. The molecule has 0 spiro atoms. The smallest absolute Gasteiger partial charge is 0.241 e. The van der Waals surface area contributed by atoms with Gasteiger partial charge in [0.15, 0.2) is 0 Å². The van der Waals surface area contributed by atoms with Gasteiger partial charge in [-0.1, -0.05) is 13.3 Å². The van der Waals surface area contributed by atoms with E-state index < -0.39 is 10.0 Å². The molecule has 0 radical (unpaired) electrons. The molecule has 1 aromatic carbocycles. The Kier molecular flexibility index (Phi) is 7.00. The number of sulfonamides is 1. The number of amides is 2. The molecule has 122 valence electrons. The van der Waals surface area contributed by atoms with Crippen LogP contribution in [-0.4, -0.2) is 33.3 Å². The Hall–Kier alpha value is -1.93. The van der Waals surface area contributed by atoms with E-state index in [-0.39, 0.29) is 23.3 Å². The van der Waals surface area contributed by atoms with Crippen molar-refractivity contribution >= 4 is 27.5 Å². The van der Waals surface area contributed by atoms with E-state index in [1.54, 1.807) is 0 Å². The van der Waals surface area contributed by atoms with Crippen LogP contribution in [0.3, 0.4) is 0 Å². The molecule has 0 fully saturated rings. The number of rotatable bonds is 8. The molecular formula is C14H21N3O4S. The first-order valence-electron chi connectivity index (χ1n) is 6.99. The first-order valence-corrected chi connectivity index (χ1v) is 8.47. The Balaban J connectivity index is 2.58. The second-order valence-corrected chi connectivity index (χ2v) is 6.50. The minimum Gasteiger partial charge on any atom is -0.355 e. The summed E-state index contributed by atoms with van der Waals surface area (Å²) in [5.74, 6) is -0.607. The van der Waals surface area contributed by atoms with Crippen molar-refractivity contribution < 1.29 is 18.0 Å². The van der Waals surface area contributed by atoms with Crippen LogP contribution in [0, 0.1) is 0 Å². The van der Waals surface area contributed by atoms with Gasteiger partial charge in [-0.25, -0.2) is 13.1 Å². The average molecular weight is 327 g/mol. The fourth-order valence-electron chi connectivity index (χ4n) is 1.63. The molecule has 22 heavy (non-hydrogen) atoms. The Morgan fingerprint density at radius 1 is 1.14 bits per heavy atom. The molecule has 0 aliphatic carbocycles. The molecule has 0 saturated carbocycles. The van der Waals surface area contributed by atoms with Crippen molar-refractivity contribution in [1.82, 2.24) is 10.0 Å². The molecule has 0 aliphatic heterocycles. The van der Waals surface area contributed by atoms with Crippen LogP contribution in [0.1, 0.15) is 26.7 Å². The average Bonchev–Trinajstić information content (AvgIpc) is 2.45. The third kappa shape index (κ3) is 6.23. The third-order valence-electron chi connectivity index (χ3n) is 2.76. The predicted octanol–water partition coefficient (Wildman–Crippen LogP) is 0.840. The normalized spacial score (nSPS) is 11.0. The molecule has 0 aromatic heterocycles. The van der Waals surface area contributed by atoms with Crippen molar-refractivity contribution in [2.24, 2.45) is 0 Å².